The molecule has 1 aliphatic rings. The highest BCUT2D eigenvalue weighted by molar-refractivity contribution is 6.14. The lowest BCUT2D eigenvalue weighted by atomic mass is 10.0. The average molecular weight is 469 g/mol. The summed E-state index contributed by atoms with van der Waals surface area (Å²) in [7, 11) is 3.07. The number of methoxy groups -OCH3 is 2. The van der Waals surface area contributed by atoms with Gasteiger partial charge >= 0.3 is 5.97 Å². The van der Waals surface area contributed by atoms with Crippen LogP contribution in [0, 0.1) is 5.92 Å². The average Bonchev–Trinajstić information content (AvgIpc) is 3.11. The molecule has 2 N–H and O–H groups in total. The molecule has 1 aliphatic heterocycles. The summed E-state index contributed by atoms with van der Waals surface area (Å²) in [6, 6.07) is 8.81. The van der Waals surface area contributed by atoms with E-state index in [-0.39, 0.29) is 24.1 Å². The van der Waals surface area contributed by atoms with Gasteiger partial charge in [-0.3, -0.25) is 9.59 Å². The molecule has 0 saturated heterocycles. The predicted octanol–water partition coefficient (Wildman–Crippen LogP) is 3.31. The number of carboxylic acids is 1. The van der Waals surface area contributed by atoms with Crippen LogP contribution in [0.1, 0.15) is 36.2 Å². The Morgan fingerprint density at radius 1 is 1.09 bits per heavy atom. The van der Waals surface area contributed by atoms with Gasteiger partial charge in [0.2, 0.25) is 5.78 Å². The van der Waals surface area contributed by atoms with Crippen molar-refractivity contribution in [1.29, 1.82) is 0 Å². The number of carbonyl (C=O) groups is 3. The van der Waals surface area contributed by atoms with E-state index in [9.17, 15) is 19.5 Å². The van der Waals surface area contributed by atoms with Crippen LogP contribution in [0.15, 0.2) is 42.2 Å². The van der Waals surface area contributed by atoms with Crippen LogP contribution in [-0.2, 0) is 9.59 Å². The van der Waals surface area contributed by atoms with Gasteiger partial charge in [0.25, 0.3) is 5.91 Å². The Hall–Kier alpha value is -4.01. The molecule has 9 heteroatoms. The fraction of sp³-hybridized carbons (Fsp3) is 0.320. The van der Waals surface area contributed by atoms with E-state index in [1.54, 1.807) is 43.5 Å². The van der Waals surface area contributed by atoms with E-state index in [0.29, 0.717) is 40.5 Å². The number of hydrogen-bond acceptors (Lipinski definition) is 7. The van der Waals surface area contributed by atoms with Crippen molar-refractivity contribution in [2.24, 2.45) is 5.92 Å². The first-order chi connectivity index (χ1) is 16.2. The Bertz CT molecular complexity index is 1120. The van der Waals surface area contributed by atoms with Gasteiger partial charge in [-0.1, -0.05) is 13.8 Å². The summed E-state index contributed by atoms with van der Waals surface area (Å²) in [6.45, 7) is 3.37. The fourth-order valence-corrected chi connectivity index (χ4v) is 3.43. The number of ketones is 1. The summed E-state index contributed by atoms with van der Waals surface area (Å²) in [5.41, 5.74) is 0.966. The van der Waals surface area contributed by atoms with Gasteiger partial charge in [-0.15, -0.1) is 0 Å². The molecule has 0 aliphatic carbocycles. The minimum atomic E-state index is -1.10. The third-order valence-electron chi connectivity index (χ3n) is 5.08. The molecule has 3 rings (SSSR count). The number of ether oxygens (including phenoxy) is 4. The minimum absolute atomic E-state index is 0.105. The van der Waals surface area contributed by atoms with Crippen molar-refractivity contribution in [2.45, 2.75) is 26.3 Å². The largest absolute Gasteiger partial charge is 0.497 e. The normalized spacial score (nSPS) is 14.4. The van der Waals surface area contributed by atoms with Gasteiger partial charge in [0.15, 0.2) is 12.4 Å². The highest BCUT2D eigenvalue weighted by Gasteiger charge is 2.28. The van der Waals surface area contributed by atoms with E-state index in [0.717, 1.165) is 0 Å². The van der Waals surface area contributed by atoms with Crippen LogP contribution in [0.2, 0.25) is 0 Å². The number of hydrogen-bond donors (Lipinski definition) is 2. The van der Waals surface area contributed by atoms with Crippen molar-refractivity contribution in [2.75, 3.05) is 20.8 Å². The molecule has 0 saturated carbocycles. The van der Waals surface area contributed by atoms with Crippen molar-refractivity contribution in [3.63, 3.8) is 0 Å². The summed E-state index contributed by atoms with van der Waals surface area (Å²) in [4.78, 5) is 36.2. The summed E-state index contributed by atoms with van der Waals surface area (Å²) < 4.78 is 21.8. The van der Waals surface area contributed by atoms with Crippen molar-refractivity contribution in [3.8, 4) is 23.0 Å². The van der Waals surface area contributed by atoms with Crippen LogP contribution in [-0.4, -0.2) is 49.6 Å². The molecule has 9 nitrogen and oxygen atoms in total. The number of carboxylic acid groups (broad SMARTS) is 1. The Balaban J connectivity index is 1.69. The minimum Gasteiger partial charge on any atom is -0.497 e. The van der Waals surface area contributed by atoms with Crippen LogP contribution in [0.25, 0.3) is 6.08 Å². The summed E-state index contributed by atoms with van der Waals surface area (Å²) in [5.74, 6) is -0.00738. The second-order valence-electron chi connectivity index (χ2n) is 8.08. The molecule has 2 aromatic rings. The first kappa shape index (κ1) is 24.6. The maximum atomic E-state index is 12.8. The summed E-state index contributed by atoms with van der Waals surface area (Å²) >= 11 is 0. The highest BCUT2D eigenvalue weighted by Crippen LogP contribution is 2.36. The smallest absolute Gasteiger partial charge is 0.326 e. The maximum Gasteiger partial charge on any atom is 0.326 e. The molecule has 180 valence electrons. The standard InChI is InChI=1S/C25H27NO8/c1-14(2)9-19(25(29)30)26-23(27)13-33-17-5-7-18-21(12-17)34-22(24(18)28)11-15-10-16(31-3)6-8-20(15)32-4/h5-8,10-12,14,19H,9,13H2,1-4H3,(H,26,27)(H,29,30)/t19-/m0/s1. The molecule has 0 bridgehead atoms. The number of benzene rings is 2. The van der Waals surface area contributed by atoms with Gasteiger partial charge < -0.3 is 29.4 Å². The number of aliphatic carboxylic acids is 1. The Morgan fingerprint density at radius 3 is 2.47 bits per heavy atom. The molecule has 0 fully saturated rings. The third kappa shape index (κ3) is 5.86. The SMILES string of the molecule is COc1ccc(OC)c(C=C2Oc3cc(OCC(=O)N[C@@H](CC(C)C)C(=O)O)ccc3C2=O)c1. The molecule has 34 heavy (non-hydrogen) atoms. The molecule has 0 unspecified atom stereocenters. The summed E-state index contributed by atoms with van der Waals surface area (Å²) in [5, 5.41) is 11.7. The maximum absolute atomic E-state index is 12.8. The topological polar surface area (TPSA) is 120 Å². The number of amides is 1. The second kappa shape index (κ2) is 10.7. The van der Waals surface area contributed by atoms with E-state index in [4.69, 9.17) is 18.9 Å². The Kier molecular flexibility index (Phi) is 7.78. The molecule has 1 heterocycles. The highest BCUT2D eigenvalue weighted by atomic mass is 16.5. The first-order valence-corrected chi connectivity index (χ1v) is 10.7. The van der Waals surface area contributed by atoms with Crippen LogP contribution >= 0.6 is 0 Å². The molecule has 1 amide bonds. The van der Waals surface area contributed by atoms with Crippen LogP contribution in [0.5, 0.6) is 23.0 Å². The second-order valence-corrected chi connectivity index (χ2v) is 8.08. The zero-order chi connectivity index (χ0) is 24.8. The molecular weight excluding hydrogens is 442 g/mol. The lowest BCUT2D eigenvalue weighted by Gasteiger charge is -2.16. The fourth-order valence-electron chi connectivity index (χ4n) is 3.43. The number of allylic oxidation sites excluding steroid dienone is 1. The van der Waals surface area contributed by atoms with Gasteiger partial charge in [-0.25, -0.2) is 4.79 Å². The molecule has 1 atom stereocenters. The van der Waals surface area contributed by atoms with Crippen molar-refractivity contribution in [1.82, 2.24) is 5.32 Å². The van der Waals surface area contributed by atoms with Gasteiger partial charge in [0.1, 0.15) is 29.0 Å². The van der Waals surface area contributed by atoms with Crippen molar-refractivity contribution in [3.05, 3.63) is 53.3 Å². The van der Waals surface area contributed by atoms with E-state index >= 15 is 0 Å². The van der Waals surface area contributed by atoms with E-state index in [1.165, 1.54) is 13.2 Å². The number of Topliss-reactive ketones (excluding diaryl/α,β-unsaturated/α-hetero) is 1. The lowest BCUT2D eigenvalue weighted by Crippen LogP contribution is -2.43. The quantitative estimate of drug-likeness (QED) is 0.509. The van der Waals surface area contributed by atoms with E-state index < -0.39 is 17.9 Å². The van der Waals surface area contributed by atoms with Gasteiger partial charge in [0, 0.05) is 11.6 Å². The number of carbonyl (C=O) groups excluding carboxylic acids is 2. The Labute approximate surface area is 197 Å². The zero-order valence-electron chi connectivity index (χ0n) is 19.4. The molecule has 0 radical (unpaired) electrons. The van der Waals surface area contributed by atoms with Crippen molar-refractivity contribution >= 4 is 23.7 Å². The predicted molar refractivity (Wildman–Crippen MR) is 123 cm³/mol. The third-order valence-corrected chi connectivity index (χ3v) is 5.08. The zero-order valence-corrected chi connectivity index (χ0v) is 19.4. The first-order valence-electron chi connectivity index (χ1n) is 10.7. The van der Waals surface area contributed by atoms with Crippen LogP contribution in [0.4, 0.5) is 0 Å². The molecule has 2 aromatic carbocycles. The van der Waals surface area contributed by atoms with E-state index in [2.05, 4.69) is 5.32 Å². The molecular formula is C25H27NO8. The monoisotopic (exact) mass is 469 g/mol. The number of nitrogens with one attached hydrogen (secondary N) is 1. The van der Waals surface area contributed by atoms with Crippen LogP contribution < -0.4 is 24.3 Å². The molecule has 0 spiro atoms. The van der Waals surface area contributed by atoms with E-state index in [1.807, 2.05) is 13.8 Å². The Morgan fingerprint density at radius 2 is 1.82 bits per heavy atom. The molecule has 0 aromatic heterocycles. The lowest BCUT2D eigenvalue weighted by molar-refractivity contribution is -0.142. The number of rotatable bonds is 10. The van der Waals surface area contributed by atoms with Gasteiger partial charge in [-0.2, -0.15) is 0 Å². The van der Waals surface area contributed by atoms with Gasteiger partial charge in [-0.05, 0) is 48.7 Å². The summed E-state index contributed by atoms with van der Waals surface area (Å²) in [6.07, 6.45) is 1.88. The van der Waals surface area contributed by atoms with Gasteiger partial charge in [0.05, 0.1) is 19.8 Å². The number of fused-ring (bicyclic) bond motifs is 1. The van der Waals surface area contributed by atoms with Crippen LogP contribution in [0.3, 0.4) is 0 Å². The van der Waals surface area contributed by atoms with Crippen molar-refractivity contribution < 1.29 is 38.4 Å².